The van der Waals surface area contributed by atoms with Gasteiger partial charge in [0.2, 0.25) is 5.16 Å². The molecule has 25 heavy (non-hydrogen) atoms. The Bertz CT molecular complexity index is 896. The van der Waals surface area contributed by atoms with Crippen molar-refractivity contribution >= 4 is 29.3 Å². The van der Waals surface area contributed by atoms with Crippen LogP contribution in [0.4, 0.5) is 0 Å². The van der Waals surface area contributed by atoms with Crippen LogP contribution in [0.1, 0.15) is 15.9 Å². The second kappa shape index (κ2) is 7.58. The Morgan fingerprint density at radius 1 is 1.28 bits per heavy atom. The Morgan fingerprint density at radius 2 is 2.04 bits per heavy atom. The molecule has 0 atom stereocenters. The van der Waals surface area contributed by atoms with Gasteiger partial charge in [-0.3, -0.25) is 5.10 Å². The molecule has 0 radical (unpaired) electrons. The molecule has 128 valence electrons. The van der Waals surface area contributed by atoms with Gasteiger partial charge in [0.1, 0.15) is 5.75 Å². The molecule has 8 heteroatoms. The molecule has 0 aliphatic heterocycles. The molecule has 0 saturated heterocycles. The molecule has 0 bridgehead atoms. The lowest BCUT2D eigenvalue weighted by molar-refractivity contribution is -0.255. The van der Waals surface area contributed by atoms with Crippen LogP contribution in [0.25, 0.3) is 11.4 Å². The number of nitrogens with zero attached hydrogens (tertiary/aromatic N) is 2. The SMILES string of the molecule is COc1ccc(Cl)cc1-c1nc(SCc2ccc(C(=O)[O-])cc2)n[nH]1. The van der Waals surface area contributed by atoms with Crippen molar-refractivity contribution in [1.29, 1.82) is 0 Å². The second-order valence-corrected chi connectivity index (χ2v) is 6.46. The van der Waals surface area contributed by atoms with Crippen LogP contribution in [-0.4, -0.2) is 28.3 Å². The highest BCUT2D eigenvalue weighted by Gasteiger charge is 2.12. The van der Waals surface area contributed by atoms with E-state index in [1.807, 2.05) is 0 Å². The summed E-state index contributed by atoms with van der Waals surface area (Å²) in [4.78, 5) is 15.2. The largest absolute Gasteiger partial charge is 0.545 e. The van der Waals surface area contributed by atoms with Crippen molar-refractivity contribution in [3.05, 3.63) is 58.6 Å². The normalized spacial score (nSPS) is 10.6. The molecule has 0 aliphatic rings. The summed E-state index contributed by atoms with van der Waals surface area (Å²) in [5.74, 6) is 0.634. The minimum Gasteiger partial charge on any atom is -0.545 e. The molecule has 6 nitrogen and oxygen atoms in total. The van der Waals surface area contributed by atoms with Crippen LogP contribution in [0.15, 0.2) is 47.6 Å². The van der Waals surface area contributed by atoms with Crippen LogP contribution in [0.3, 0.4) is 0 Å². The van der Waals surface area contributed by atoms with Gasteiger partial charge in [0.25, 0.3) is 0 Å². The van der Waals surface area contributed by atoms with Gasteiger partial charge in [-0.1, -0.05) is 47.6 Å². The molecule has 0 spiro atoms. The number of rotatable bonds is 6. The van der Waals surface area contributed by atoms with E-state index in [9.17, 15) is 9.90 Å². The van der Waals surface area contributed by atoms with Gasteiger partial charge in [0.05, 0.1) is 18.6 Å². The van der Waals surface area contributed by atoms with Gasteiger partial charge in [-0.25, -0.2) is 4.98 Å². The molecule has 1 heterocycles. The number of nitrogens with one attached hydrogen (secondary N) is 1. The molecule has 0 saturated carbocycles. The lowest BCUT2D eigenvalue weighted by Crippen LogP contribution is -2.21. The number of ether oxygens (including phenoxy) is 1. The smallest absolute Gasteiger partial charge is 0.209 e. The van der Waals surface area contributed by atoms with E-state index < -0.39 is 5.97 Å². The van der Waals surface area contributed by atoms with Crippen molar-refractivity contribution in [3.63, 3.8) is 0 Å². The monoisotopic (exact) mass is 374 g/mol. The molecular weight excluding hydrogens is 362 g/mol. The van der Waals surface area contributed by atoms with Crippen LogP contribution in [0.2, 0.25) is 5.02 Å². The summed E-state index contributed by atoms with van der Waals surface area (Å²) in [5, 5.41) is 19.0. The predicted octanol–water partition coefficient (Wildman–Crippen LogP) is 2.79. The summed E-state index contributed by atoms with van der Waals surface area (Å²) in [6.07, 6.45) is 0. The summed E-state index contributed by atoms with van der Waals surface area (Å²) in [6, 6.07) is 11.8. The number of carboxylic acids is 1. The average Bonchev–Trinajstić information content (AvgIpc) is 3.09. The molecule has 0 amide bonds. The molecule has 0 unspecified atom stereocenters. The van der Waals surface area contributed by atoms with Crippen LogP contribution >= 0.6 is 23.4 Å². The maximum Gasteiger partial charge on any atom is 0.209 e. The number of aromatic amines is 1. The highest BCUT2D eigenvalue weighted by atomic mass is 35.5. The number of carboxylic acid groups (broad SMARTS) is 1. The molecule has 0 aliphatic carbocycles. The highest BCUT2D eigenvalue weighted by molar-refractivity contribution is 7.98. The summed E-state index contributed by atoms with van der Waals surface area (Å²) in [7, 11) is 1.58. The van der Waals surface area contributed by atoms with Gasteiger partial charge in [-0.05, 0) is 29.3 Å². The predicted molar refractivity (Wildman–Crippen MR) is 93.7 cm³/mol. The number of H-pyrrole nitrogens is 1. The van der Waals surface area contributed by atoms with Crippen molar-refractivity contribution in [2.75, 3.05) is 7.11 Å². The molecule has 2 aromatic carbocycles. The quantitative estimate of drug-likeness (QED) is 0.667. The first-order valence-corrected chi connectivity index (χ1v) is 8.62. The second-order valence-electron chi connectivity index (χ2n) is 5.08. The summed E-state index contributed by atoms with van der Waals surface area (Å²) >= 11 is 7.47. The number of halogens is 1. The Kier molecular flexibility index (Phi) is 5.25. The van der Waals surface area contributed by atoms with Crippen molar-refractivity contribution < 1.29 is 14.6 Å². The van der Waals surface area contributed by atoms with Crippen molar-refractivity contribution in [2.24, 2.45) is 0 Å². The van der Waals surface area contributed by atoms with Crippen molar-refractivity contribution in [3.8, 4) is 17.1 Å². The lowest BCUT2D eigenvalue weighted by atomic mass is 10.1. The van der Waals surface area contributed by atoms with E-state index in [0.717, 1.165) is 11.1 Å². The summed E-state index contributed by atoms with van der Waals surface area (Å²) in [5.41, 5.74) is 1.84. The Labute approximate surface area is 153 Å². The first-order chi connectivity index (χ1) is 12.1. The fourth-order valence-electron chi connectivity index (χ4n) is 2.18. The van der Waals surface area contributed by atoms with Gasteiger partial charge in [0, 0.05) is 10.8 Å². The number of hydrogen-bond acceptors (Lipinski definition) is 6. The lowest BCUT2D eigenvalue weighted by Gasteiger charge is -2.05. The average molecular weight is 375 g/mol. The van der Waals surface area contributed by atoms with E-state index in [2.05, 4.69) is 15.2 Å². The minimum atomic E-state index is -1.19. The molecular formula is C17H13ClN3O3S-. The zero-order valence-corrected chi connectivity index (χ0v) is 14.7. The number of aromatic carboxylic acids is 1. The van der Waals surface area contributed by atoms with E-state index in [0.29, 0.717) is 27.5 Å². The van der Waals surface area contributed by atoms with Gasteiger partial charge in [-0.15, -0.1) is 5.10 Å². The number of thioether (sulfide) groups is 1. The number of carbonyl (C=O) groups excluding carboxylic acids is 1. The van der Waals surface area contributed by atoms with Gasteiger partial charge < -0.3 is 14.6 Å². The van der Waals surface area contributed by atoms with E-state index in [1.54, 1.807) is 37.4 Å². The zero-order valence-electron chi connectivity index (χ0n) is 13.2. The Morgan fingerprint density at radius 3 is 2.72 bits per heavy atom. The maximum atomic E-state index is 10.7. The van der Waals surface area contributed by atoms with Crippen molar-refractivity contribution in [1.82, 2.24) is 15.2 Å². The van der Waals surface area contributed by atoms with Crippen LogP contribution in [0, 0.1) is 0 Å². The minimum absolute atomic E-state index is 0.155. The third kappa shape index (κ3) is 4.12. The molecule has 3 rings (SSSR count). The van der Waals surface area contributed by atoms with Gasteiger partial charge >= 0.3 is 0 Å². The standard InChI is InChI=1S/C17H14ClN3O3S/c1-24-14-7-6-12(18)8-13(14)15-19-17(21-20-15)25-9-10-2-4-11(5-3-10)16(22)23/h2-8H,9H2,1H3,(H,22,23)(H,19,20,21)/p-1. The van der Waals surface area contributed by atoms with Gasteiger partial charge in [0.15, 0.2) is 5.82 Å². The van der Waals surface area contributed by atoms with E-state index in [-0.39, 0.29) is 5.56 Å². The van der Waals surface area contributed by atoms with E-state index in [1.165, 1.54) is 23.9 Å². The van der Waals surface area contributed by atoms with Gasteiger partial charge in [-0.2, -0.15) is 0 Å². The van der Waals surface area contributed by atoms with Crippen LogP contribution in [0.5, 0.6) is 5.75 Å². The van der Waals surface area contributed by atoms with Crippen LogP contribution < -0.4 is 9.84 Å². The molecule has 3 aromatic rings. The fraction of sp³-hybridized carbons (Fsp3) is 0.118. The topological polar surface area (TPSA) is 90.9 Å². The number of methoxy groups -OCH3 is 1. The maximum absolute atomic E-state index is 10.7. The third-order valence-electron chi connectivity index (χ3n) is 3.44. The summed E-state index contributed by atoms with van der Waals surface area (Å²) in [6.45, 7) is 0. The van der Waals surface area contributed by atoms with Crippen molar-refractivity contribution in [2.45, 2.75) is 10.9 Å². The first-order valence-electron chi connectivity index (χ1n) is 7.26. The van der Waals surface area contributed by atoms with E-state index >= 15 is 0 Å². The fourth-order valence-corrected chi connectivity index (χ4v) is 3.11. The van der Waals surface area contributed by atoms with E-state index in [4.69, 9.17) is 16.3 Å². The first kappa shape index (κ1) is 17.3. The number of benzene rings is 2. The number of hydrogen-bond donors (Lipinski definition) is 1. The zero-order chi connectivity index (χ0) is 17.8. The van der Waals surface area contributed by atoms with Crippen LogP contribution in [-0.2, 0) is 5.75 Å². The number of aromatic nitrogens is 3. The third-order valence-corrected chi connectivity index (χ3v) is 4.59. The molecule has 1 N–H and O–H groups in total. The Hall–Kier alpha value is -2.51. The highest BCUT2D eigenvalue weighted by Crippen LogP contribution is 2.31. The number of carbonyl (C=O) groups is 1. The molecule has 1 aromatic heterocycles. The Balaban J connectivity index is 1.72. The molecule has 0 fully saturated rings. The summed E-state index contributed by atoms with van der Waals surface area (Å²) < 4.78 is 5.32.